The third-order valence-corrected chi connectivity index (χ3v) is 4.09. The highest BCUT2D eigenvalue weighted by Crippen LogP contribution is 2.15. The number of carbonyl (C=O) groups is 2. The number of rotatable bonds is 4. The van der Waals surface area contributed by atoms with Gasteiger partial charge in [-0.2, -0.15) is 0 Å². The molecule has 0 saturated heterocycles. The van der Waals surface area contributed by atoms with Crippen LogP contribution in [0.2, 0.25) is 0 Å². The highest BCUT2D eigenvalue weighted by molar-refractivity contribution is 14.1. The molecule has 0 aliphatic rings. The van der Waals surface area contributed by atoms with E-state index in [2.05, 4.69) is 49.4 Å². The van der Waals surface area contributed by atoms with Gasteiger partial charge in [0.25, 0.3) is 11.8 Å². The van der Waals surface area contributed by atoms with Crippen LogP contribution in [0, 0.1) is 3.57 Å². The Morgan fingerprint density at radius 1 is 1.05 bits per heavy atom. The molecule has 2 aromatic carbocycles. The zero-order valence-electron chi connectivity index (χ0n) is 11.3. The predicted molar refractivity (Wildman–Crippen MR) is 94.4 cm³/mol. The van der Waals surface area contributed by atoms with Crippen LogP contribution in [-0.2, 0) is 4.79 Å². The van der Waals surface area contributed by atoms with E-state index in [-0.39, 0.29) is 12.5 Å². The number of ether oxygens (including phenoxy) is 1. The Balaban J connectivity index is 1.79. The number of hydrazine groups is 1. The molecular weight excluding hydrogens is 463 g/mol. The largest absolute Gasteiger partial charge is 0.484 e. The van der Waals surface area contributed by atoms with Gasteiger partial charge in [-0.25, -0.2) is 0 Å². The molecule has 22 heavy (non-hydrogen) atoms. The molecule has 0 aliphatic heterocycles. The molecular formula is C15H12BrIN2O3. The predicted octanol–water partition coefficient (Wildman–Crippen LogP) is 2.89. The minimum atomic E-state index is -0.442. The van der Waals surface area contributed by atoms with Gasteiger partial charge >= 0.3 is 0 Å². The maximum Gasteiger partial charge on any atom is 0.276 e. The number of nitrogens with one attached hydrogen (secondary N) is 2. The number of hydrogen-bond donors (Lipinski definition) is 2. The van der Waals surface area contributed by atoms with Gasteiger partial charge in [-0.3, -0.25) is 20.4 Å². The first-order valence-corrected chi connectivity index (χ1v) is 8.15. The zero-order chi connectivity index (χ0) is 15.9. The molecule has 0 radical (unpaired) electrons. The van der Waals surface area contributed by atoms with Crippen molar-refractivity contribution in [1.29, 1.82) is 0 Å². The molecule has 0 spiro atoms. The maximum absolute atomic E-state index is 11.9. The van der Waals surface area contributed by atoms with Crippen molar-refractivity contribution in [2.24, 2.45) is 0 Å². The molecule has 0 unspecified atom stereocenters. The van der Waals surface area contributed by atoms with Gasteiger partial charge in [-0.05, 0) is 59.0 Å². The summed E-state index contributed by atoms with van der Waals surface area (Å²) < 4.78 is 7.03. The molecule has 5 nitrogen and oxygen atoms in total. The van der Waals surface area contributed by atoms with Crippen molar-refractivity contribution >= 4 is 50.3 Å². The van der Waals surface area contributed by atoms with Gasteiger partial charge in [0.05, 0.1) is 5.56 Å². The first-order chi connectivity index (χ1) is 10.6. The molecule has 7 heteroatoms. The van der Waals surface area contributed by atoms with Crippen LogP contribution in [0.15, 0.2) is 53.0 Å². The summed E-state index contributed by atoms with van der Waals surface area (Å²) in [4.78, 5) is 23.5. The molecule has 0 aromatic heterocycles. The fraction of sp³-hybridized carbons (Fsp3) is 0.0667. The van der Waals surface area contributed by atoms with Gasteiger partial charge in [0, 0.05) is 8.04 Å². The van der Waals surface area contributed by atoms with Crippen molar-refractivity contribution in [2.75, 3.05) is 6.61 Å². The molecule has 2 N–H and O–H groups in total. The Morgan fingerprint density at radius 2 is 1.73 bits per heavy atom. The lowest BCUT2D eigenvalue weighted by Gasteiger charge is -2.09. The van der Waals surface area contributed by atoms with Crippen LogP contribution in [-0.4, -0.2) is 18.4 Å². The van der Waals surface area contributed by atoms with Crippen molar-refractivity contribution in [2.45, 2.75) is 0 Å². The number of carbonyl (C=O) groups excluding carboxylic acids is 2. The summed E-state index contributed by atoms with van der Waals surface area (Å²) in [5.41, 5.74) is 5.17. The number of benzene rings is 2. The van der Waals surface area contributed by atoms with Crippen LogP contribution in [0.4, 0.5) is 0 Å². The minimum absolute atomic E-state index is 0.187. The Bertz CT molecular complexity index is 677. The average Bonchev–Trinajstić information content (AvgIpc) is 2.52. The first kappa shape index (κ1) is 16.8. The lowest BCUT2D eigenvalue weighted by Crippen LogP contribution is -2.44. The van der Waals surface area contributed by atoms with Gasteiger partial charge < -0.3 is 4.74 Å². The van der Waals surface area contributed by atoms with Crippen LogP contribution >= 0.6 is 38.5 Å². The van der Waals surface area contributed by atoms with E-state index in [9.17, 15) is 9.59 Å². The maximum atomic E-state index is 11.9. The minimum Gasteiger partial charge on any atom is -0.484 e. The van der Waals surface area contributed by atoms with E-state index in [1.165, 1.54) is 0 Å². The Hall–Kier alpha value is -1.61. The molecule has 2 rings (SSSR count). The van der Waals surface area contributed by atoms with E-state index in [0.717, 1.165) is 8.04 Å². The van der Waals surface area contributed by atoms with E-state index in [1.807, 2.05) is 24.3 Å². The van der Waals surface area contributed by atoms with Crippen molar-refractivity contribution in [3.8, 4) is 5.75 Å². The fourth-order valence-corrected chi connectivity index (χ4v) is 2.45. The smallest absolute Gasteiger partial charge is 0.276 e. The van der Waals surface area contributed by atoms with Gasteiger partial charge in [0.1, 0.15) is 5.75 Å². The van der Waals surface area contributed by atoms with E-state index in [4.69, 9.17) is 4.74 Å². The normalized spacial score (nSPS) is 9.91. The van der Waals surface area contributed by atoms with Crippen molar-refractivity contribution < 1.29 is 14.3 Å². The lowest BCUT2D eigenvalue weighted by molar-refractivity contribution is -0.123. The third kappa shape index (κ3) is 4.99. The third-order valence-electron chi connectivity index (χ3n) is 2.62. The summed E-state index contributed by atoms with van der Waals surface area (Å²) in [6, 6.07) is 14.2. The van der Waals surface area contributed by atoms with Gasteiger partial charge in [0.2, 0.25) is 0 Å². The summed E-state index contributed by atoms with van der Waals surface area (Å²) >= 11 is 5.37. The van der Waals surface area contributed by atoms with Crippen molar-refractivity contribution in [3.63, 3.8) is 0 Å². The summed E-state index contributed by atoms with van der Waals surface area (Å²) in [7, 11) is 0. The van der Waals surface area contributed by atoms with Crippen LogP contribution in [0.25, 0.3) is 0 Å². The molecule has 0 aliphatic carbocycles. The van der Waals surface area contributed by atoms with Crippen LogP contribution in [0.1, 0.15) is 10.4 Å². The van der Waals surface area contributed by atoms with Gasteiger partial charge in [-0.15, -0.1) is 0 Å². The fourth-order valence-electron chi connectivity index (χ4n) is 1.55. The van der Waals surface area contributed by atoms with Crippen molar-refractivity contribution in [3.05, 3.63) is 62.1 Å². The SMILES string of the molecule is O=C(COc1ccc(Br)cc1)NNC(=O)c1ccccc1I. The molecule has 2 aromatic rings. The monoisotopic (exact) mass is 474 g/mol. The topological polar surface area (TPSA) is 67.4 Å². The van der Waals surface area contributed by atoms with E-state index in [1.54, 1.807) is 24.3 Å². The second-order valence-electron chi connectivity index (χ2n) is 4.22. The second kappa shape index (κ2) is 8.14. The molecule has 0 bridgehead atoms. The highest BCUT2D eigenvalue weighted by atomic mass is 127. The summed E-state index contributed by atoms with van der Waals surface area (Å²) in [6.45, 7) is -0.187. The molecule has 0 fully saturated rings. The van der Waals surface area contributed by atoms with Crippen LogP contribution in [0.5, 0.6) is 5.75 Å². The summed E-state index contributed by atoms with van der Waals surface area (Å²) in [6.07, 6.45) is 0. The van der Waals surface area contributed by atoms with E-state index in [0.29, 0.717) is 11.3 Å². The average molecular weight is 475 g/mol. The van der Waals surface area contributed by atoms with E-state index >= 15 is 0 Å². The Kier molecular flexibility index (Phi) is 6.20. The van der Waals surface area contributed by atoms with E-state index < -0.39 is 5.91 Å². The molecule has 2 amide bonds. The van der Waals surface area contributed by atoms with Crippen LogP contribution in [0.3, 0.4) is 0 Å². The Morgan fingerprint density at radius 3 is 2.41 bits per heavy atom. The highest BCUT2D eigenvalue weighted by Gasteiger charge is 2.10. The van der Waals surface area contributed by atoms with Crippen LogP contribution < -0.4 is 15.6 Å². The number of hydrogen-bond acceptors (Lipinski definition) is 3. The zero-order valence-corrected chi connectivity index (χ0v) is 15.1. The second-order valence-corrected chi connectivity index (χ2v) is 6.30. The summed E-state index contributed by atoms with van der Waals surface area (Å²) in [5.74, 6) is -0.244. The first-order valence-electron chi connectivity index (χ1n) is 6.28. The standard InChI is InChI=1S/C15H12BrIN2O3/c16-10-5-7-11(8-6-10)22-9-14(20)18-19-15(21)12-3-1-2-4-13(12)17/h1-8H,9H2,(H,18,20)(H,19,21). The molecule has 0 saturated carbocycles. The lowest BCUT2D eigenvalue weighted by atomic mass is 10.2. The number of halogens is 2. The molecule has 0 atom stereocenters. The van der Waals surface area contributed by atoms with Gasteiger partial charge in [0.15, 0.2) is 6.61 Å². The van der Waals surface area contributed by atoms with Crippen molar-refractivity contribution in [1.82, 2.24) is 10.9 Å². The number of amides is 2. The summed E-state index contributed by atoms with van der Waals surface area (Å²) in [5, 5.41) is 0. The Labute approximate surface area is 149 Å². The quantitative estimate of drug-likeness (QED) is 0.529. The van der Waals surface area contributed by atoms with Gasteiger partial charge in [-0.1, -0.05) is 28.1 Å². The molecule has 0 heterocycles. The molecule has 114 valence electrons.